The van der Waals surface area contributed by atoms with Crippen molar-refractivity contribution in [2.45, 2.75) is 19.9 Å². The molecule has 0 aliphatic carbocycles. The van der Waals surface area contributed by atoms with Crippen LogP contribution in [0.5, 0.6) is 0 Å². The largest absolute Gasteiger partial charge is 0.359 e. The van der Waals surface area contributed by atoms with Crippen molar-refractivity contribution < 1.29 is 4.84 Å². The Balaban J connectivity index is 3.32. The van der Waals surface area contributed by atoms with E-state index in [0.717, 1.165) is 0 Å². The second kappa shape index (κ2) is 5.96. The molecule has 0 aliphatic heterocycles. The fraction of sp³-hybridized carbons (Fsp3) is 0.571. The van der Waals surface area contributed by atoms with Gasteiger partial charge in [-0.2, -0.15) is 0 Å². The molecule has 4 heteroatoms. The van der Waals surface area contributed by atoms with Gasteiger partial charge in [-0.05, 0) is 26.1 Å². The maximum atomic E-state index is 4.94. The van der Waals surface area contributed by atoms with Gasteiger partial charge in [-0.3, -0.25) is 4.84 Å². The van der Waals surface area contributed by atoms with Crippen LogP contribution in [0, 0.1) is 12.3 Å². The Bertz CT molecular complexity index is 162. The summed E-state index contributed by atoms with van der Waals surface area (Å²) in [6, 6.07) is 0.296. The predicted molar refractivity (Wildman–Crippen MR) is 48.8 cm³/mol. The molecule has 0 amide bonds. The quantitative estimate of drug-likeness (QED) is 0.280. The third-order valence-electron chi connectivity index (χ3n) is 0.740. The van der Waals surface area contributed by atoms with Gasteiger partial charge in [-0.25, -0.2) is 5.48 Å². The molecule has 11 heavy (non-hydrogen) atoms. The smallest absolute Gasteiger partial charge is 0.190 e. The van der Waals surface area contributed by atoms with Gasteiger partial charge in [0.2, 0.25) is 0 Å². The molecule has 0 aromatic carbocycles. The minimum absolute atomic E-state index is 0.208. The Morgan fingerprint density at radius 3 is 2.82 bits per heavy atom. The summed E-state index contributed by atoms with van der Waals surface area (Å²) in [5.41, 5.74) is 2.49. The van der Waals surface area contributed by atoms with Crippen molar-refractivity contribution in [1.82, 2.24) is 10.8 Å². The second-order valence-corrected chi connectivity index (χ2v) is 2.63. The van der Waals surface area contributed by atoms with Gasteiger partial charge in [0.1, 0.15) is 6.61 Å². The molecular formula is C7H12N2OS. The van der Waals surface area contributed by atoms with Crippen LogP contribution in [0.1, 0.15) is 13.8 Å². The predicted octanol–water partition coefficient (Wildman–Crippen LogP) is 0.424. The van der Waals surface area contributed by atoms with Gasteiger partial charge in [0.15, 0.2) is 5.11 Å². The summed E-state index contributed by atoms with van der Waals surface area (Å²) in [7, 11) is 0. The fourth-order valence-electron chi connectivity index (χ4n) is 0.435. The lowest BCUT2D eigenvalue weighted by molar-refractivity contribution is 0.114. The first kappa shape index (κ1) is 10.2. The summed E-state index contributed by atoms with van der Waals surface area (Å²) in [4.78, 5) is 4.76. The summed E-state index contributed by atoms with van der Waals surface area (Å²) in [5.74, 6) is 2.30. The zero-order valence-corrected chi connectivity index (χ0v) is 7.49. The second-order valence-electron chi connectivity index (χ2n) is 2.22. The first-order valence-corrected chi connectivity index (χ1v) is 3.69. The molecule has 0 aromatic heterocycles. The monoisotopic (exact) mass is 172 g/mol. The highest BCUT2D eigenvalue weighted by molar-refractivity contribution is 7.80. The van der Waals surface area contributed by atoms with Gasteiger partial charge >= 0.3 is 0 Å². The molecule has 0 unspecified atom stereocenters. The number of hydrogen-bond acceptors (Lipinski definition) is 2. The molecule has 3 nitrogen and oxygen atoms in total. The number of rotatable bonds is 3. The molecule has 0 saturated heterocycles. The van der Waals surface area contributed by atoms with Crippen LogP contribution < -0.4 is 10.8 Å². The van der Waals surface area contributed by atoms with Crippen LogP contribution in [0.4, 0.5) is 0 Å². The highest BCUT2D eigenvalue weighted by atomic mass is 32.1. The van der Waals surface area contributed by atoms with Gasteiger partial charge in [-0.15, -0.1) is 6.42 Å². The van der Waals surface area contributed by atoms with Crippen LogP contribution in [-0.4, -0.2) is 17.8 Å². The Kier molecular flexibility index (Phi) is 5.53. The Labute approximate surface area is 72.5 Å². The topological polar surface area (TPSA) is 33.3 Å². The van der Waals surface area contributed by atoms with Gasteiger partial charge in [0.05, 0.1) is 0 Å². The van der Waals surface area contributed by atoms with Crippen LogP contribution in [0.25, 0.3) is 0 Å². The molecule has 0 aliphatic rings. The molecule has 0 radical (unpaired) electrons. The van der Waals surface area contributed by atoms with E-state index in [0.29, 0.717) is 11.2 Å². The Morgan fingerprint density at radius 2 is 2.36 bits per heavy atom. The van der Waals surface area contributed by atoms with Crippen molar-refractivity contribution in [2.24, 2.45) is 0 Å². The van der Waals surface area contributed by atoms with E-state index in [1.165, 1.54) is 0 Å². The van der Waals surface area contributed by atoms with Crippen molar-refractivity contribution in [1.29, 1.82) is 0 Å². The highest BCUT2D eigenvalue weighted by Gasteiger charge is 1.95. The number of hydroxylamine groups is 1. The minimum Gasteiger partial charge on any atom is -0.359 e. The van der Waals surface area contributed by atoms with Gasteiger partial charge in [0.25, 0.3) is 0 Å². The summed E-state index contributed by atoms with van der Waals surface area (Å²) < 4.78 is 0. The highest BCUT2D eigenvalue weighted by Crippen LogP contribution is 1.76. The lowest BCUT2D eigenvalue weighted by atomic mass is 10.4. The maximum absolute atomic E-state index is 4.94. The van der Waals surface area contributed by atoms with Crippen LogP contribution in [0.15, 0.2) is 0 Å². The minimum atomic E-state index is 0.208. The average molecular weight is 172 g/mol. The molecular weight excluding hydrogens is 160 g/mol. The lowest BCUT2D eigenvalue weighted by Gasteiger charge is -2.11. The Morgan fingerprint density at radius 1 is 1.73 bits per heavy atom. The molecule has 0 aromatic rings. The van der Waals surface area contributed by atoms with E-state index in [-0.39, 0.29) is 6.61 Å². The molecule has 0 heterocycles. The molecule has 0 bridgehead atoms. The van der Waals surface area contributed by atoms with E-state index in [2.05, 4.69) is 16.7 Å². The van der Waals surface area contributed by atoms with E-state index in [1.54, 1.807) is 0 Å². The van der Waals surface area contributed by atoms with Crippen molar-refractivity contribution >= 4 is 17.3 Å². The van der Waals surface area contributed by atoms with Gasteiger partial charge in [-0.1, -0.05) is 5.92 Å². The average Bonchev–Trinajstić information content (AvgIpc) is 1.86. The van der Waals surface area contributed by atoms with E-state index in [1.807, 2.05) is 13.8 Å². The van der Waals surface area contributed by atoms with Crippen LogP contribution in [-0.2, 0) is 4.84 Å². The third kappa shape index (κ3) is 7.10. The molecule has 0 rings (SSSR count). The van der Waals surface area contributed by atoms with Crippen LogP contribution in [0.2, 0.25) is 0 Å². The van der Waals surface area contributed by atoms with E-state index < -0.39 is 0 Å². The fourth-order valence-corrected chi connectivity index (χ4v) is 0.730. The number of thiocarbonyl (C=S) groups is 1. The summed E-state index contributed by atoms with van der Waals surface area (Å²) in [6.07, 6.45) is 4.94. The normalized spacial score (nSPS) is 8.91. The third-order valence-corrected chi connectivity index (χ3v) is 0.941. The SMILES string of the molecule is C#CCONC(=S)NC(C)C. The zero-order valence-electron chi connectivity index (χ0n) is 6.68. The van der Waals surface area contributed by atoms with Crippen LogP contribution >= 0.6 is 12.2 Å². The zero-order chi connectivity index (χ0) is 8.69. The molecule has 0 fully saturated rings. The first-order chi connectivity index (χ1) is 5.16. The molecule has 2 N–H and O–H groups in total. The molecule has 0 atom stereocenters. The standard InChI is InChI=1S/C7H12N2OS/c1-4-5-10-9-7(11)8-6(2)3/h1,6H,5H2,2-3H3,(H2,8,9,11). The Hall–Kier alpha value is -0.790. The summed E-state index contributed by atoms with van der Waals surface area (Å²) in [6.45, 7) is 4.17. The summed E-state index contributed by atoms with van der Waals surface area (Å²) in [5, 5.41) is 3.38. The molecule has 0 spiro atoms. The summed E-state index contributed by atoms with van der Waals surface area (Å²) >= 11 is 4.83. The van der Waals surface area contributed by atoms with Crippen molar-refractivity contribution in [3.05, 3.63) is 0 Å². The van der Waals surface area contributed by atoms with Gasteiger partial charge in [0, 0.05) is 6.04 Å². The van der Waals surface area contributed by atoms with Crippen LogP contribution in [0.3, 0.4) is 0 Å². The lowest BCUT2D eigenvalue weighted by Crippen LogP contribution is -2.39. The van der Waals surface area contributed by atoms with Crippen molar-refractivity contribution in [3.8, 4) is 12.3 Å². The van der Waals surface area contributed by atoms with E-state index >= 15 is 0 Å². The number of terminal acetylenes is 1. The maximum Gasteiger partial charge on any atom is 0.190 e. The molecule has 62 valence electrons. The van der Waals surface area contributed by atoms with E-state index in [4.69, 9.17) is 23.5 Å². The van der Waals surface area contributed by atoms with E-state index in [9.17, 15) is 0 Å². The number of nitrogens with one attached hydrogen (secondary N) is 2. The van der Waals surface area contributed by atoms with Crippen molar-refractivity contribution in [3.63, 3.8) is 0 Å². The number of hydrogen-bond donors (Lipinski definition) is 2. The van der Waals surface area contributed by atoms with Gasteiger partial charge < -0.3 is 5.32 Å². The first-order valence-electron chi connectivity index (χ1n) is 3.28. The molecule has 0 saturated carbocycles. The van der Waals surface area contributed by atoms with Crippen molar-refractivity contribution in [2.75, 3.05) is 6.61 Å².